The van der Waals surface area contributed by atoms with E-state index in [4.69, 9.17) is 11.0 Å². The van der Waals surface area contributed by atoms with Crippen LogP contribution in [0.2, 0.25) is 0 Å². The van der Waals surface area contributed by atoms with Gasteiger partial charge in [-0.05, 0) is 17.4 Å². The molecule has 1 aliphatic carbocycles. The third kappa shape index (κ3) is 2.66. The Kier molecular flexibility index (Phi) is 2.94. The average molecular weight is 206 g/mol. The molecule has 4 heteroatoms. The summed E-state index contributed by atoms with van der Waals surface area (Å²) in [5.74, 6) is -0.673. The second kappa shape index (κ2) is 3.85. The van der Waals surface area contributed by atoms with E-state index in [9.17, 15) is 9.59 Å². The first-order chi connectivity index (χ1) is 6.85. The average Bonchev–Trinajstić information content (AvgIpc) is 1.99. The number of rotatable bonds is 1. The van der Waals surface area contributed by atoms with Crippen LogP contribution >= 0.6 is 0 Å². The number of nitrogens with zero attached hydrogens (tertiary/aromatic N) is 1. The van der Waals surface area contributed by atoms with Crippen LogP contribution in [0, 0.1) is 16.7 Å². The fourth-order valence-electron chi connectivity index (χ4n) is 2.02. The van der Waals surface area contributed by atoms with Crippen molar-refractivity contribution >= 4 is 11.7 Å². The molecule has 80 valence electrons. The summed E-state index contributed by atoms with van der Waals surface area (Å²) in [6.45, 7) is 3.89. The molecule has 0 aromatic rings. The van der Waals surface area contributed by atoms with Crippen LogP contribution in [0.4, 0.5) is 0 Å². The van der Waals surface area contributed by atoms with E-state index in [0.29, 0.717) is 18.4 Å². The number of hydrogen-bond donors (Lipinski definition) is 1. The Morgan fingerprint density at radius 1 is 1.47 bits per heavy atom. The molecule has 1 fully saturated rings. The van der Waals surface area contributed by atoms with E-state index in [-0.39, 0.29) is 23.2 Å². The predicted octanol–water partition coefficient (Wildman–Crippen LogP) is 1.07. The van der Waals surface area contributed by atoms with Gasteiger partial charge >= 0.3 is 0 Å². The van der Waals surface area contributed by atoms with Crippen LogP contribution in [0.1, 0.15) is 33.1 Å². The molecule has 1 amide bonds. The van der Waals surface area contributed by atoms with Crippen LogP contribution in [0.25, 0.3) is 0 Å². The number of allylic oxidation sites excluding steroid dienone is 1. The fourth-order valence-corrected chi connectivity index (χ4v) is 2.02. The van der Waals surface area contributed by atoms with E-state index in [2.05, 4.69) is 0 Å². The lowest BCUT2D eigenvalue weighted by Gasteiger charge is -2.30. The van der Waals surface area contributed by atoms with Crippen molar-refractivity contribution in [3.8, 4) is 6.07 Å². The van der Waals surface area contributed by atoms with E-state index in [1.165, 1.54) is 0 Å². The molecule has 0 aliphatic heterocycles. The van der Waals surface area contributed by atoms with Crippen molar-refractivity contribution in [2.24, 2.45) is 11.1 Å². The van der Waals surface area contributed by atoms with Crippen molar-refractivity contribution in [3.63, 3.8) is 0 Å². The summed E-state index contributed by atoms with van der Waals surface area (Å²) in [5, 5.41) is 8.79. The molecule has 0 spiro atoms. The third-order valence-corrected chi connectivity index (χ3v) is 2.49. The minimum Gasteiger partial charge on any atom is -0.365 e. The highest BCUT2D eigenvalue weighted by molar-refractivity contribution is 5.98. The monoisotopic (exact) mass is 206 g/mol. The first-order valence-electron chi connectivity index (χ1n) is 4.79. The smallest absolute Gasteiger partial charge is 0.259 e. The lowest BCUT2D eigenvalue weighted by Crippen LogP contribution is -2.27. The van der Waals surface area contributed by atoms with Gasteiger partial charge in [-0.25, -0.2) is 0 Å². The van der Waals surface area contributed by atoms with Crippen molar-refractivity contribution in [2.75, 3.05) is 0 Å². The maximum absolute atomic E-state index is 11.4. The molecule has 2 N–H and O–H groups in total. The summed E-state index contributed by atoms with van der Waals surface area (Å²) in [7, 11) is 0. The highest BCUT2D eigenvalue weighted by Crippen LogP contribution is 2.37. The molecule has 0 heterocycles. The Balaban J connectivity index is 3.11. The zero-order valence-corrected chi connectivity index (χ0v) is 8.96. The van der Waals surface area contributed by atoms with Gasteiger partial charge in [0.1, 0.15) is 17.4 Å². The van der Waals surface area contributed by atoms with Gasteiger partial charge in [-0.1, -0.05) is 13.8 Å². The molecule has 0 radical (unpaired) electrons. The van der Waals surface area contributed by atoms with Gasteiger partial charge in [0.25, 0.3) is 5.91 Å². The molecule has 1 saturated carbocycles. The Labute approximate surface area is 88.7 Å². The Morgan fingerprint density at radius 2 is 2.07 bits per heavy atom. The summed E-state index contributed by atoms with van der Waals surface area (Å²) in [6, 6.07) is 1.78. The summed E-state index contributed by atoms with van der Waals surface area (Å²) in [6.07, 6.45) is 1.27. The number of Topliss-reactive ketones (excluding diaryl/α,β-unsaturated/α-hetero) is 1. The number of amides is 1. The first-order valence-corrected chi connectivity index (χ1v) is 4.79. The van der Waals surface area contributed by atoms with E-state index in [1.54, 1.807) is 6.07 Å². The molecule has 15 heavy (non-hydrogen) atoms. The standard InChI is InChI=1S/C11H14N2O2/c1-11(2)4-7(3-8(14)5-11)9(6-12)10(13)15/h3-5H2,1-2H3,(H2,13,15). The van der Waals surface area contributed by atoms with E-state index in [1.807, 2.05) is 13.8 Å². The summed E-state index contributed by atoms with van der Waals surface area (Å²) >= 11 is 0. The molecule has 4 nitrogen and oxygen atoms in total. The molecule has 0 bridgehead atoms. The van der Waals surface area contributed by atoms with Crippen LogP contribution in [-0.2, 0) is 9.59 Å². The number of carbonyl (C=O) groups excluding carboxylic acids is 2. The molecule has 0 aromatic heterocycles. The quantitative estimate of drug-likeness (QED) is 0.514. The van der Waals surface area contributed by atoms with E-state index in [0.717, 1.165) is 0 Å². The fraction of sp³-hybridized carbons (Fsp3) is 0.545. The molecule has 1 rings (SSSR count). The maximum Gasteiger partial charge on any atom is 0.259 e. The van der Waals surface area contributed by atoms with Gasteiger partial charge in [0, 0.05) is 12.8 Å². The second-order valence-electron chi connectivity index (χ2n) is 4.69. The number of primary amides is 1. The van der Waals surface area contributed by atoms with E-state index < -0.39 is 5.91 Å². The van der Waals surface area contributed by atoms with Crippen molar-refractivity contribution in [3.05, 3.63) is 11.1 Å². The Morgan fingerprint density at radius 3 is 2.47 bits per heavy atom. The second-order valence-corrected chi connectivity index (χ2v) is 4.69. The highest BCUT2D eigenvalue weighted by Gasteiger charge is 2.31. The SMILES string of the molecule is CC1(C)CC(=O)CC(=C(C#N)C(N)=O)C1. The maximum atomic E-state index is 11.4. The van der Waals surface area contributed by atoms with Crippen LogP contribution < -0.4 is 5.73 Å². The van der Waals surface area contributed by atoms with Crippen LogP contribution in [0.3, 0.4) is 0 Å². The van der Waals surface area contributed by atoms with Gasteiger partial charge in [0.05, 0.1) is 0 Å². The van der Waals surface area contributed by atoms with Crippen LogP contribution in [0.5, 0.6) is 0 Å². The molecule has 0 aromatic carbocycles. The van der Waals surface area contributed by atoms with E-state index >= 15 is 0 Å². The predicted molar refractivity (Wildman–Crippen MR) is 54.5 cm³/mol. The topological polar surface area (TPSA) is 83.9 Å². The van der Waals surface area contributed by atoms with Gasteiger partial charge in [-0.2, -0.15) is 5.26 Å². The van der Waals surface area contributed by atoms with Crippen molar-refractivity contribution in [1.82, 2.24) is 0 Å². The van der Waals surface area contributed by atoms with Crippen molar-refractivity contribution in [2.45, 2.75) is 33.1 Å². The molecule has 0 saturated heterocycles. The molecule has 0 unspecified atom stereocenters. The summed E-state index contributed by atoms with van der Waals surface area (Å²) < 4.78 is 0. The third-order valence-electron chi connectivity index (χ3n) is 2.49. The van der Waals surface area contributed by atoms with Crippen molar-refractivity contribution in [1.29, 1.82) is 5.26 Å². The number of nitriles is 1. The Bertz CT molecular complexity index is 386. The van der Waals surface area contributed by atoms with Crippen molar-refractivity contribution < 1.29 is 9.59 Å². The minimum atomic E-state index is -0.738. The Hall–Kier alpha value is -1.63. The number of ketones is 1. The van der Waals surface area contributed by atoms with Gasteiger partial charge in [-0.3, -0.25) is 9.59 Å². The van der Waals surface area contributed by atoms with Gasteiger partial charge in [0.2, 0.25) is 0 Å². The lowest BCUT2D eigenvalue weighted by molar-refractivity contribution is -0.121. The normalized spacial score (nSPS) is 23.1. The largest absolute Gasteiger partial charge is 0.365 e. The van der Waals surface area contributed by atoms with Gasteiger partial charge in [0.15, 0.2) is 0 Å². The van der Waals surface area contributed by atoms with Gasteiger partial charge < -0.3 is 5.73 Å². The zero-order chi connectivity index (χ0) is 11.6. The molecular weight excluding hydrogens is 192 g/mol. The molecule has 1 aliphatic rings. The number of carbonyl (C=O) groups is 2. The lowest BCUT2D eigenvalue weighted by atomic mass is 9.73. The molecular formula is C11H14N2O2. The number of hydrogen-bond acceptors (Lipinski definition) is 3. The molecule has 0 atom stereocenters. The zero-order valence-electron chi connectivity index (χ0n) is 8.96. The first kappa shape index (κ1) is 11.4. The van der Waals surface area contributed by atoms with Crippen LogP contribution in [-0.4, -0.2) is 11.7 Å². The summed E-state index contributed by atoms with van der Waals surface area (Å²) in [5.41, 5.74) is 5.45. The summed E-state index contributed by atoms with van der Waals surface area (Å²) in [4.78, 5) is 22.4. The highest BCUT2D eigenvalue weighted by atomic mass is 16.1. The minimum absolute atomic E-state index is 0.0453. The van der Waals surface area contributed by atoms with Crippen LogP contribution in [0.15, 0.2) is 11.1 Å². The van der Waals surface area contributed by atoms with Gasteiger partial charge in [-0.15, -0.1) is 0 Å². The number of nitrogens with two attached hydrogens (primary N) is 1.